The Hall–Kier alpha value is -3.26. The molecular weight excluding hydrogens is 304 g/mol. The van der Waals surface area contributed by atoms with E-state index in [1.54, 1.807) is 6.08 Å². The lowest BCUT2D eigenvalue weighted by Gasteiger charge is -2.07. The summed E-state index contributed by atoms with van der Waals surface area (Å²) in [6.07, 6.45) is 7.05. The van der Waals surface area contributed by atoms with E-state index in [4.69, 9.17) is 5.41 Å². The minimum Gasteiger partial charge on any atom is -0.309 e. The molecule has 0 atom stereocenters. The van der Waals surface area contributed by atoms with Crippen LogP contribution in [0.3, 0.4) is 0 Å². The van der Waals surface area contributed by atoms with E-state index in [0.29, 0.717) is 0 Å². The molecule has 122 valence electrons. The maximum Gasteiger partial charge on any atom is 0.0665 e. The summed E-state index contributed by atoms with van der Waals surface area (Å²) in [6, 6.07) is 24.5. The van der Waals surface area contributed by atoms with Gasteiger partial charge in [-0.1, -0.05) is 60.7 Å². The Morgan fingerprint density at radius 3 is 2.24 bits per heavy atom. The van der Waals surface area contributed by atoms with Crippen LogP contribution in [0.15, 0.2) is 91.1 Å². The zero-order chi connectivity index (χ0) is 17.5. The van der Waals surface area contributed by atoms with Gasteiger partial charge in [0.25, 0.3) is 0 Å². The summed E-state index contributed by atoms with van der Waals surface area (Å²) >= 11 is 0. The lowest BCUT2D eigenvalue weighted by molar-refractivity contribution is 1.27. The third-order valence-electron chi connectivity index (χ3n) is 4.01. The lowest BCUT2D eigenvalue weighted by atomic mass is 10.00. The molecule has 2 aromatic carbocycles. The number of rotatable bonds is 5. The second-order valence-electron chi connectivity index (χ2n) is 5.78. The highest BCUT2D eigenvalue weighted by Crippen LogP contribution is 2.24. The van der Waals surface area contributed by atoms with Crippen molar-refractivity contribution in [3.05, 3.63) is 102 Å². The van der Waals surface area contributed by atoms with Gasteiger partial charge < -0.3 is 5.41 Å². The number of allylic oxidation sites excluding steroid dienone is 4. The normalized spacial score (nSPS) is 12.0. The van der Waals surface area contributed by atoms with E-state index in [9.17, 15) is 0 Å². The van der Waals surface area contributed by atoms with Crippen molar-refractivity contribution < 1.29 is 0 Å². The number of nitrogens with zero attached hydrogens (tertiary/aromatic N) is 1. The summed E-state index contributed by atoms with van der Waals surface area (Å²) in [5.41, 5.74) is 6.42. The van der Waals surface area contributed by atoms with Gasteiger partial charge in [0.15, 0.2) is 0 Å². The molecule has 0 unspecified atom stereocenters. The van der Waals surface area contributed by atoms with Crippen molar-refractivity contribution >= 4 is 17.4 Å². The third-order valence-corrected chi connectivity index (χ3v) is 4.01. The number of aromatic nitrogens is 1. The fourth-order valence-electron chi connectivity index (χ4n) is 2.71. The Balaban J connectivity index is 1.97. The van der Waals surface area contributed by atoms with Crippen LogP contribution in [-0.4, -0.2) is 11.2 Å². The maximum absolute atomic E-state index is 7.43. The molecule has 0 fully saturated rings. The average Bonchev–Trinajstić information content (AvgIpc) is 2.69. The molecule has 3 aromatic rings. The molecule has 2 heteroatoms. The molecule has 0 aliphatic heterocycles. The van der Waals surface area contributed by atoms with Crippen molar-refractivity contribution in [3.8, 4) is 11.1 Å². The topological polar surface area (TPSA) is 36.7 Å². The average molecular weight is 324 g/mol. The van der Waals surface area contributed by atoms with Crippen LogP contribution >= 0.6 is 0 Å². The van der Waals surface area contributed by atoms with E-state index in [1.807, 2.05) is 60.8 Å². The number of hydrogen-bond acceptors (Lipinski definition) is 2. The fourth-order valence-corrected chi connectivity index (χ4v) is 2.71. The van der Waals surface area contributed by atoms with Gasteiger partial charge in [-0.05, 0) is 59.0 Å². The molecule has 0 saturated heterocycles. The van der Waals surface area contributed by atoms with Gasteiger partial charge in [-0.3, -0.25) is 4.98 Å². The zero-order valence-corrected chi connectivity index (χ0v) is 14.2. The Kier molecular flexibility index (Phi) is 5.32. The summed E-state index contributed by atoms with van der Waals surface area (Å²) in [7, 11) is 0. The minimum absolute atomic E-state index is 0.938. The molecule has 0 spiro atoms. The maximum atomic E-state index is 7.43. The summed E-state index contributed by atoms with van der Waals surface area (Å²) in [4.78, 5) is 4.52. The Morgan fingerprint density at radius 1 is 0.880 bits per heavy atom. The summed E-state index contributed by atoms with van der Waals surface area (Å²) in [6.45, 7) is 2.05. The van der Waals surface area contributed by atoms with Crippen molar-refractivity contribution in [3.63, 3.8) is 0 Å². The first-order chi connectivity index (χ1) is 12.3. The smallest absolute Gasteiger partial charge is 0.0665 e. The first kappa shape index (κ1) is 16.6. The van der Waals surface area contributed by atoms with E-state index in [-0.39, 0.29) is 0 Å². The van der Waals surface area contributed by atoms with Crippen molar-refractivity contribution in [2.75, 3.05) is 0 Å². The van der Waals surface area contributed by atoms with E-state index >= 15 is 0 Å². The predicted octanol–water partition coefficient (Wildman–Crippen LogP) is 5.89. The first-order valence-electron chi connectivity index (χ1n) is 8.24. The van der Waals surface area contributed by atoms with Gasteiger partial charge in [-0.25, -0.2) is 0 Å². The largest absolute Gasteiger partial charge is 0.309 e. The molecule has 1 aromatic heterocycles. The number of pyridine rings is 1. The molecule has 0 saturated carbocycles. The van der Waals surface area contributed by atoms with E-state index in [0.717, 1.165) is 28.0 Å². The van der Waals surface area contributed by atoms with Crippen molar-refractivity contribution in [1.29, 1.82) is 5.41 Å². The van der Waals surface area contributed by atoms with Gasteiger partial charge >= 0.3 is 0 Å². The van der Waals surface area contributed by atoms with Gasteiger partial charge in [-0.15, -0.1) is 0 Å². The predicted molar refractivity (Wildman–Crippen MR) is 107 cm³/mol. The standard InChI is InChI=1S/C23H20N2/c1-18(16-21(12-14-24)19-8-4-2-5-9-19)23-17-22(13-15-25-23)20-10-6-3-7-11-20/h2-17,24H,1H3/b18-16+,21-12+,24-14?. The summed E-state index contributed by atoms with van der Waals surface area (Å²) in [5.74, 6) is 0. The zero-order valence-electron chi connectivity index (χ0n) is 14.2. The second kappa shape index (κ2) is 8.02. The highest BCUT2D eigenvalue weighted by molar-refractivity contribution is 5.91. The van der Waals surface area contributed by atoms with Gasteiger partial charge in [0.1, 0.15) is 0 Å². The van der Waals surface area contributed by atoms with E-state index in [1.165, 1.54) is 11.8 Å². The van der Waals surface area contributed by atoms with Gasteiger partial charge in [0.2, 0.25) is 0 Å². The Labute approximate surface area is 148 Å². The summed E-state index contributed by atoms with van der Waals surface area (Å²) < 4.78 is 0. The lowest BCUT2D eigenvalue weighted by Crippen LogP contribution is -1.89. The van der Waals surface area contributed by atoms with Crippen LogP contribution in [0.1, 0.15) is 18.2 Å². The van der Waals surface area contributed by atoms with E-state index in [2.05, 4.69) is 36.2 Å². The number of benzene rings is 2. The molecule has 1 N–H and O–H groups in total. The van der Waals surface area contributed by atoms with Gasteiger partial charge in [0.05, 0.1) is 5.69 Å². The number of hydrogen-bond donors (Lipinski definition) is 1. The van der Waals surface area contributed by atoms with Crippen LogP contribution in [0.25, 0.3) is 22.3 Å². The van der Waals surface area contributed by atoms with Crippen LogP contribution in [0.2, 0.25) is 0 Å². The monoisotopic (exact) mass is 324 g/mol. The molecule has 1 heterocycles. The molecule has 2 nitrogen and oxygen atoms in total. The van der Waals surface area contributed by atoms with Crippen LogP contribution in [0, 0.1) is 5.41 Å². The second-order valence-corrected chi connectivity index (χ2v) is 5.78. The van der Waals surface area contributed by atoms with Gasteiger partial charge in [-0.2, -0.15) is 0 Å². The summed E-state index contributed by atoms with van der Waals surface area (Å²) in [5, 5.41) is 7.43. The van der Waals surface area contributed by atoms with Gasteiger partial charge in [0, 0.05) is 12.4 Å². The Morgan fingerprint density at radius 2 is 1.56 bits per heavy atom. The molecule has 3 rings (SSSR count). The van der Waals surface area contributed by atoms with Crippen LogP contribution < -0.4 is 0 Å². The first-order valence-corrected chi connectivity index (χ1v) is 8.24. The van der Waals surface area contributed by atoms with Crippen LogP contribution in [0.5, 0.6) is 0 Å². The highest BCUT2D eigenvalue weighted by Gasteiger charge is 2.04. The highest BCUT2D eigenvalue weighted by atomic mass is 14.7. The van der Waals surface area contributed by atoms with Crippen LogP contribution in [-0.2, 0) is 0 Å². The SMILES string of the molecule is C/C(=C\C(=C/C=N)c1ccccc1)c1cc(-c2ccccc2)ccn1. The van der Waals surface area contributed by atoms with E-state index < -0.39 is 0 Å². The van der Waals surface area contributed by atoms with Crippen molar-refractivity contribution in [2.24, 2.45) is 0 Å². The third kappa shape index (κ3) is 4.18. The quantitative estimate of drug-likeness (QED) is 0.461. The minimum atomic E-state index is 0.938. The van der Waals surface area contributed by atoms with Crippen molar-refractivity contribution in [1.82, 2.24) is 4.98 Å². The number of nitrogens with one attached hydrogen (secondary N) is 1. The van der Waals surface area contributed by atoms with Crippen molar-refractivity contribution in [2.45, 2.75) is 6.92 Å². The van der Waals surface area contributed by atoms with Crippen LogP contribution in [0.4, 0.5) is 0 Å². The molecule has 0 amide bonds. The fraction of sp³-hybridized carbons (Fsp3) is 0.0435. The Bertz CT molecular complexity index is 907. The molecule has 0 aliphatic rings. The molecule has 0 radical (unpaired) electrons. The molecule has 0 aliphatic carbocycles. The molecule has 25 heavy (non-hydrogen) atoms. The molecule has 0 bridgehead atoms. The molecular formula is C23H20N2.